The molecule has 0 fully saturated rings. The Bertz CT molecular complexity index is 759. The van der Waals surface area contributed by atoms with Crippen molar-refractivity contribution in [3.8, 4) is 0 Å². The van der Waals surface area contributed by atoms with Gasteiger partial charge in [0.15, 0.2) is 5.96 Å². The highest BCUT2D eigenvalue weighted by Crippen LogP contribution is 2.19. The highest BCUT2D eigenvalue weighted by atomic mass is 127. The number of anilines is 1. The standard InChI is InChI=1S/C15H20N4O2S2.HI/c1-12-5-7-13(8-6-12)18-15(16)17-9-10-19(2)23(20,21)14-4-3-11-22-14;/h3-8,11H,9-10H2,1-2H3,(H3,16,17,18);1H. The molecule has 0 spiro atoms. The molecule has 0 aliphatic heterocycles. The maximum absolute atomic E-state index is 12.2. The molecule has 0 aliphatic rings. The van der Waals surface area contributed by atoms with E-state index in [9.17, 15) is 8.42 Å². The van der Waals surface area contributed by atoms with Crippen molar-refractivity contribution in [2.75, 3.05) is 25.5 Å². The Morgan fingerprint density at radius 1 is 1.29 bits per heavy atom. The molecule has 1 aromatic carbocycles. The van der Waals surface area contributed by atoms with E-state index in [4.69, 9.17) is 5.73 Å². The van der Waals surface area contributed by atoms with E-state index in [0.29, 0.717) is 4.21 Å². The first-order valence-electron chi connectivity index (χ1n) is 7.03. The Kier molecular flexibility index (Phi) is 8.13. The lowest BCUT2D eigenvalue weighted by Gasteiger charge is -2.14. The first-order valence-corrected chi connectivity index (χ1v) is 9.35. The Hall–Kier alpha value is -1.17. The average molecular weight is 480 g/mol. The second kappa shape index (κ2) is 9.35. The van der Waals surface area contributed by atoms with Gasteiger partial charge in [-0.05, 0) is 30.5 Å². The van der Waals surface area contributed by atoms with Gasteiger partial charge in [0.25, 0.3) is 10.0 Å². The van der Waals surface area contributed by atoms with Crippen LogP contribution in [0.4, 0.5) is 5.69 Å². The molecule has 2 rings (SSSR count). The van der Waals surface area contributed by atoms with Crippen LogP contribution in [-0.2, 0) is 10.0 Å². The van der Waals surface area contributed by atoms with E-state index in [1.807, 2.05) is 31.2 Å². The quantitative estimate of drug-likeness (QED) is 0.378. The first kappa shape index (κ1) is 20.9. The molecule has 0 aliphatic carbocycles. The van der Waals surface area contributed by atoms with Crippen LogP contribution in [0.3, 0.4) is 0 Å². The van der Waals surface area contributed by atoms with Crippen molar-refractivity contribution in [2.24, 2.45) is 10.7 Å². The van der Waals surface area contributed by atoms with Crippen LogP contribution < -0.4 is 11.1 Å². The van der Waals surface area contributed by atoms with Crippen LogP contribution in [0.2, 0.25) is 0 Å². The van der Waals surface area contributed by atoms with Crippen molar-refractivity contribution in [3.05, 3.63) is 47.3 Å². The second-order valence-electron chi connectivity index (χ2n) is 5.02. The van der Waals surface area contributed by atoms with Gasteiger partial charge in [-0.3, -0.25) is 4.99 Å². The SMILES string of the molecule is Cc1ccc(NC(N)=NCCN(C)S(=O)(=O)c2cccs2)cc1.I. The minimum absolute atomic E-state index is 0. The van der Waals surface area contributed by atoms with E-state index >= 15 is 0 Å². The van der Waals surface area contributed by atoms with Gasteiger partial charge in [0, 0.05) is 19.3 Å². The Labute approximate surface area is 163 Å². The first-order chi connectivity index (χ1) is 10.9. The average Bonchev–Trinajstić information content (AvgIpc) is 3.04. The predicted octanol–water partition coefficient (Wildman–Crippen LogP) is 2.72. The van der Waals surface area contributed by atoms with Crippen molar-refractivity contribution in [2.45, 2.75) is 11.1 Å². The second-order valence-corrected chi connectivity index (χ2v) is 8.24. The Morgan fingerprint density at radius 2 is 1.96 bits per heavy atom. The van der Waals surface area contributed by atoms with Crippen molar-refractivity contribution in [1.29, 1.82) is 0 Å². The molecule has 0 amide bonds. The summed E-state index contributed by atoms with van der Waals surface area (Å²) in [5.74, 6) is 0.260. The zero-order chi connectivity index (χ0) is 16.9. The third-order valence-electron chi connectivity index (χ3n) is 3.18. The molecule has 132 valence electrons. The van der Waals surface area contributed by atoms with E-state index in [1.165, 1.54) is 22.7 Å². The topological polar surface area (TPSA) is 87.8 Å². The Balaban J connectivity index is 0.00000288. The van der Waals surface area contributed by atoms with E-state index in [1.54, 1.807) is 17.5 Å². The molecule has 0 atom stereocenters. The summed E-state index contributed by atoms with van der Waals surface area (Å²) in [4.78, 5) is 4.16. The molecule has 0 bridgehead atoms. The maximum atomic E-state index is 12.2. The van der Waals surface area contributed by atoms with Gasteiger partial charge in [-0.1, -0.05) is 23.8 Å². The summed E-state index contributed by atoms with van der Waals surface area (Å²) < 4.78 is 26.1. The third-order valence-corrected chi connectivity index (χ3v) is 6.41. The lowest BCUT2D eigenvalue weighted by Crippen LogP contribution is -2.30. The van der Waals surface area contributed by atoms with Gasteiger partial charge < -0.3 is 11.1 Å². The summed E-state index contributed by atoms with van der Waals surface area (Å²) >= 11 is 1.20. The number of thiophene rings is 1. The van der Waals surface area contributed by atoms with Gasteiger partial charge in [-0.2, -0.15) is 4.31 Å². The molecule has 3 N–H and O–H groups in total. The number of rotatable bonds is 6. The number of hydrogen-bond donors (Lipinski definition) is 2. The largest absolute Gasteiger partial charge is 0.370 e. The number of benzene rings is 1. The van der Waals surface area contributed by atoms with E-state index < -0.39 is 10.0 Å². The van der Waals surface area contributed by atoms with Crippen LogP contribution in [0.1, 0.15) is 5.56 Å². The van der Waals surface area contributed by atoms with Crippen LogP contribution in [0.25, 0.3) is 0 Å². The van der Waals surface area contributed by atoms with Crippen LogP contribution in [0.5, 0.6) is 0 Å². The van der Waals surface area contributed by atoms with Crippen LogP contribution in [0, 0.1) is 6.92 Å². The molecule has 0 radical (unpaired) electrons. The summed E-state index contributed by atoms with van der Waals surface area (Å²) in [6, 6.07) is 11.1. The number of aliphatic imine (C=N–C) groups is 1. The number of hydrogen-bond acceptors (Lipinski definition) is 4. The normalized spacial score (nSPS) is 12.0. The fraction of sp³-hybridized carbons (Fsp3) is 0.267. The number of halogens is 1. The highest BCUT2D eigenvalue weighted by Gasteiger charge is 2.20. The maximum Gasteiger partial charge on any atom is 0.252 e. The lowest BCUT2D eigenvalue weighted by molar-refractivity contribution is 0.479. The van der Waals surface area contributed by atoms with Crippen molar-refractivity contribution >= 4 is 57.0 Å². The van der Waals surface area contributed by atoms with Crippen LogP contribution >= 0.6 is 35.3 Å². The molecule has 1 heterocycles. The molecule has 6 nitrogen and oxygen atoms in total. The number of nitrogens with zero attached hydrogens (tertiary/aromatic N) is 2. The number of nitrogens with one attached hydrogen (secondary N) is 1. The minimum atomic E-state index is -3.44. The van der Waals surface area contributed by atoms with E-state index in [2.05, 4.69) is 10.3 Å². The van der Waals surface area contributed by atoms with Gasteiger partial charge in [0.05, 0.1) is 6.54 Å². The highest BCUT2D eigenvalue weighted by molar-refractivity contribution is 14.0. The van der Waals surface area contributed by atoms with Gasteiger partial charge in [-0.15, -0.1) is 35.3 Å². The number of nitrogens with two attached hydrogens (primary N) is 1. The summed E-state index contributed by atoms with van der Waals surface area (Å²) in [6.45, 7) is 2.55. The molecule has 24 heavy (non-hydrogen) atoms. The summed E-state index contributed by atoms with van der Waals surface area (Å²) in [5.41, 5.74) is 7.81. The molecular formula is C15H21IN4O2S2. The smallest absolute Gasteiger partial charge is 0.252 e. The van der Waals surface area contributed by atoms with Gasteiger partial charge in [0.2, 0.25) is 0 Å². The monoisotopic (exact) mass is 480 g/mol. The van der Waals surface area contributed by atoms with Gasteiger partial charge in [0.1, 0.15) is 4.21 Å². The fourth-order valence-corrected chi connectivity index (χ4v) is 4.18. The van der Waals surface area contributed by atoms with Crippen molar-refractivity contribution in [3.63, 3.8) is 0 Å². The van der Waals surface area contributed by atoms with Crippen LogP contribution in [0.15, 0.2) is 51.0 Å². The molecule has 9 heteroatoms. The predicted molar refractivity (Wildman–Crippen MR) is 111 cm³/mol. The molecule has 0 saturated heterocycles. The molecule has 1 aromatic heterocycles. The minimum Gasteiger partial charge on any atom is -0.370 e. The summed E-state index contributed by atoms with van der Waals surface area (Å²) in [5, 5.41) is 4.71. The van der Waals surface area contributed by atoms with E-state index in [-0.39, 0.29) is 43.0 Å². The number of likely N-dealkylation sites (N-methyl/N-ethyl adjacent to an activating group) is 1. The zero-order valence-electron chi connectivity index (χ0n) is 13.5. The van der Waals surface area contributed by atoms with Gasteiger partial charge >= 0.3 is 0 Å². The van der Waals surface area contributed by atoms with Gasteiger partial charge in [-0.25, -0.2) is 8.42 Å². The number of guanidine groups is 1. The number of sulfonamides is 1. The third kappa shape index (κ3) is 5.72. The van der Waals surface area contributed by atoms with Crippen LogP contribution in [-0.4, -0.2) is 38.8 Å². The summed E-state index contributed by atoms with van der Waals surface area (Å²) in [7, 11) is -1.90. The molecule has 2 aromatic rings. The summed E-state index contributed by atoms with van der Waals surface area (Å²) in [6.07, 6.45) is 0. The van der Waals surface area contributed by atoms with Crippen molar-refractivity contribution < 1.29 is 8.42 Å². The fourth-order valence-electron chi connectivity index (χ4n) is 1.82. The number of aryl methyl sites for hydroxylation is 1. The molecular weight excluding hydrogens is 459 g/mol. The molecule has 0 saturated carbocycles. The Morgan fingerprint density at radius 3 is 2.54 bits per heavy atom. The van der Waals surface area contributed by atoms with E-state index in [0.717, 1.165) is 11.3 Å². The van der Waals surface area contributed by atoms with Crippen molar-refractivity contribution in [1.82, 2.24) is 4.31 Å². The molecule has 0 unspecified atom stereocenters. The lowest BCUT2D eigenvalue weighted by atomic mass is 10.2. The zero-order valence-corrected chi connectivity index (χ0v) is 17.4.